The average Bonchev–Trinajstić information content (AvgIpc) is 2.95. The molecule has 0 aromatic heterocycles. The molecule has 1 aromatic carbocycles. The maximum Gasteiger partial charge on any atom is 0.227 e. The molecule has 1 aliphatic carbocycles. The molecule has 3 heteroatoms. The van der Waals surface area contributed by atoms with E-state index in [-0.39, 0.29) is 5.91 Å². The summed E-state index contributed by atoms with van der Waals surface area (Å²) in [6, 6.07) is 8.46. The number of nitrogens with one attached hydrogen (secondary N) is 1. The van der Waals surface area contributed by atoms with Crippen LogP contribution in [-0.2, 0) is 11.3 Å². The second kappa shape index (κ2) is 7.08. The van der Waals surface area contributed by atoms with Crippen LogP contribution in [0.3, 0.4) is 0 Å². The van der Waals surface area contributed by atoms with Crippen LogP contribution in [0.4, 0.5) is 5.69 Å². The second-order valence-corrected chi connectivity index (χ2v) is 6.45. The Labute approximate surface area is 127 Å². The molecule has 2 fully saturated rings. The number of benzene rings is 1. The van der Waals surface area contributed by atoms with Crippen LogP contribution in [0, 0.1) is 5.92 Å². The molecule has 2 aliphatic rings. The normalized spacial score (nSPS) is 20.2. The Balaban J connectivity index is 1.46. The lowest BCUT2D eigenvalue weighted by Gasteiger charge is -2.22. The zero-order valence-electron chi connectivity index (χ0n) is 12.8. The predicted octanol–water partition coefficient (Wildman–Crippen LogP) is 3.48. The summed E-state index contributed by atoms with van der Waals surface area (Å²) in [6.45, 7) is 2.95. The summed E-state index contributed by atoms with van der Waals surface area (Å²) >= 11 is 0. The highest BCUT2D eigenvalue weighted by molar-refractivity contribution is 5.95. The highest BCUT2D eigenvalue weighted by atomic mass is 16.2. The smallest absolute Gasteiger partial charge is 0.227 e. The summed E-state index contributed by atoms with van der Waals surface area (Å²) in [7, 11) is 0. The van der Waals surface area contributed by atoms with Gasteiger partial charge in [-0.05, 0) is 49.4 Å². The fraction of sp³-hybridized carbons (Fsp3) is 0.611. The number of amides is 1. The zero-order valence-corrected chi connectivity index (χ0v) is 12.8. The van der Waals surface area contributed by atoms with E-state index in [2.05, 4.69) is 29.6 Å². The molecular formula is C18H26N2O. The van der Waals surface area contributed by atoms with E-state index >= 15 is 0 Å². The van der Waals surface area contributed by atoms with E-state index in [1.54, 1.807) is 0 Å². The Kier molecular flexibility index (Phi) is 4.91. The van der Waals surface area contributed by atoms with Crippen LogP contribution < -0.4 is 10.2 Å². The Morgan fingerprint density at radius 3 is 2.48 bits per heavy atom. The molecule has 1 aliphatic heterocycles. The van der Waals surface area contributed by atoms with Crippen LogP contribution in [0.15, 0.2) is 24.3 Å². The van der Waals surface area contributed by atoms with Crippen molar-refractivity contribution >= 4 is 11.6 Å². The Hall–Kier alpha value is -1.35. The third-order valence-electron chi connectivity index (χ3n) is 4.81. The molecule has 0 bridgehead atoms. The fourth-order valence-corrected chi connectivity index (χ4v) is 3.53. The minimum absolute atomic E-state index is 0.262. The van der Waals surface area contributed by atoms with Gasteiger partial charge in [-0.15, -0.1) is 0 Å². The molecule has 3 rings (SSSR count). The van der Waals surface area contributed by atoms with Crippen molar-refractivity contribution < 1.29 is 4.79 Å². The number of nitrogens with zero attached hydrogens (tertiary/aromatic N) is 1. The number of hydrogen-bond donors (Lipinski definition) is 1. The maximum atomic E-state index is 11.7. The van der Waals surface area contributed by atoms with Gasteiger partial charge in [-0.2, -0.15) is 0 Å². The first-order chi connectivity index (χ1) is 10.3. The van der Waals surface area contributed by atoms with Crippen molar-refractivity contribution in [2.45, 2.75) is 51.5 Å². The lowest BCUT2D eigenvalue weighted by atomic mass is 9.89. The molecule has 1 saturated heterocycles. The summed E-state index contributed by atoms with van der Waals surface area (Å²) in [5.74, 6) is 1.14. The number of anilines is 1. The Bertz CT molecular complexity index is 463. The summed E-state index contributed by atoms with van der Waals surface area (Å²) in [6.07, 6.45) is 8.71. The van der Waals surface area contributed by atoms with Gasteiger partial charge in [0.2, 0.25) is 5.91 Å². The zero-order chi connectivity index (χ0) is 14.5. The van der Waals surface area contributed by atoms with Crippen LogP contribution in [0.2, 0.25) is 0 Å². The molecule has 1 N–H and O–H groups in total. The molecule has 0 radical (unpaired) electrons. The number of carbonyl (C=O) groups excluding carboxylic acids is 1. The monoisotopic (exact) mass is 286 g/mol. The van der Waals surface area contributed by atoms with Crippen molar-refractivity contribution in [3.8, 4) is 0 Å². The van der Waals surface area contributed by atoms with Crippen molar-refractivity contribution in [2.24, 2.45) is 5.92 Å². The summed E-state index contributed by atoms with van der Waals surface area (Å²) in [5, 5.41) is 3.59. The van der Waals surface area contributed by atoms with Gasteiger partial charge in [0.25, 0.3) is 0 Å². The number of rotatable bonds is 5. The number of hydrogen-bond acceptors (Lipinski definition) is 2. The maximum absolute atomic E-state index is 11.7. The molecule has 114 valence electrons. The van der Waals surface area contributed by atoms with Gasteiger partial charge in [0.1, 0.15) is 0 Å². The van der Waals surface area contributed by atoms with E-state index in [0.717, 1.165) is 37.7 Å². The topological polar surface area (TPSA) is 32.3 Å². The third-order valence-corrected chi connectivity index (χ3v) is 4.81. The quantitative estimate of drug-likeness (QED) is 0.898. The van der Waals surface area contributed by atoms with Crippen LogP contribution in [0.1, 0.15) is 50.5 Å². The number of carbonyl (C=O) groups is 1. The lowest BCUT2D eigenvalue weighted by Crippen LogP contribution is -2.24. The van der Waals surface area contributed by atoms with E-state index in [1.165, 1.54) is 37.7 Å². The van der Waals surface area contributed by atoms with Crippen LogP contribution in [-0.4, -0.2) is 19.0 Å². The second-order valence-electron chi connectivity index (χ2n) is 6.45. The van der Waals surface area contributed by atoms with Crippen molar-refractivity contribution in [1.29, 1.82) is 0 Å². The standard InChI is InChI=1S/C18H26N2O/c21-18-7-4-12-20(18)17-10-8-16(9-11-17)14-19-13-15-5-2-1-3-6-15/h8-11,15,19H,1-7,12-14H2. The average molecular weight is 286 g/mol. The van der Waals surface area contributed by atoms with Gasteiger partial charge in [-0.25, -0.2) is 0 Å². The van der Waals surface area contributed by atoms with E-state index in [4.69, 9.17) is 0 Å². The van der Waals surface area contributed by atoms with Crippen molar-refractivity contribution in [2.75, 3.05) is 18.0 Å². The van der Waals surface area contributed by atoms with E-state index in [0.29, 0.717) is 6.42 Å². The van der Waals surface area contributed by atoms with Crippen molar-refractivity contribution in [3.63, 3.8) is 0 Å². The minimum atomic E-state index is 0.262. The van der Waals surface area contributed by atoms with Gasteiger partial charge < -0.3 is 10.2 Å². The highest BCUT2D eigenvalue weighted by Crippen LogP contribution is 2.23. The van der Waals surface area contributed by atoms with Crippen LogP contribution in [0.25, 0.3) is 0 Å². The molecular weight excluding hydrogens is 260 g/mol. The van der Waals surface area contributed by atoms with Gasteiger partial charge >= 0.3 is 0 Å². The summed E-state index contributed by atoms with van der Waals surface area (Å²) < 4.78 is 0. The summed E-state index contributed by atoms with van der Waals surface area (Å²) in [5.41, 5.74) is 2.36. The molecule has 3 nitrogen and oxygen atoms in total. The van der Waals surface area contributed by atoms with Gasteiger partial charge in [0.15, 0.2) is 0 Å². The predicted molar refractivity (Wildman–Crippen MR) is 86.3 cm³/mol. The molecule has 1 heterocycles. The van der Waals surface area contributed by atoms with Crippen molar-refractivity contribution in [1.82, 2.24) is 5.32 Å². The van der Waals surface area contributed by atoms with Gasteiger partial charge in [-0.3, -0.25) is 4.79 Å². The molecule has 0 atom stereocenters. The summed E-state index contributed by atoms with van der Waals surface area (Å²) in [4.78, 5) is 13.6. The molecule has 1 aromatic rings. The van der Waals surface area contributed by atoms with Crippen LogP contribution in [0.5, 0.6) is 0 Å². The minimum Gasteiger partial charge on any atom is -0.312 e. The van der Waals surface area contributed by atoms with Crippen LogP contribution >= 0.6 is 0 Å². The first kappa shape index (κ1) is 14.6. The Morgan fingerprint density at radius 1 is 1.05 bits per heavy atom. The third kappa shape index (κ3) is 3.85. The first-order valence-corrected chi connectivity index (χ1v) is 8.43. The fourth-order valence-electron chi connectivity index (χ4n) is 3.53. The van der Waals surface area contributed by atoms with E-state index in [1.807, 2.05) is 4.90 Å². The SMILES string of the molecule is O=C1CCCN1c1ccc(CNCC2CCCCC2)cc1. The first-order valence-electron chi connectivity index (χ1n) is 8.43. The van der Waals surface area contributed by atoms with Crippen molar-refractivity contribution in [3.05, 3.63) is 29.8 Å². The highest BCUT2D eigenvalue weighted by Gasteiger charge is 2.21. The molecule has 0 spiro atoms. The van der Waals surface area contributed by atoms with E-state index < -0.39 is 0 Å². The Morgan fingerprint density at radius 2 is 1.81 bits per heavy atom. The molecule has 0 unspecified atom stereocenters. The largest absolute Gasteiger partial charge is 0.312 e. The van der Waals surface area contributed by atoms with Gasteiger partial charge in [0, 0.05) is 25.2 Å². The van der Waals surface area contributed by atoms with Gasteiger partial charge in [-0.1, -0.05) is 31.4 Å². The molecule has 1 amide bonds. The molecule has 1 saturated carbocycles. The van der Waals surface area contributed by atoms with E-state index in [9.17, 15) is 4.79 Å². The van der Waals surface area contributed by atoms with Gasteiger partial charge in [0.05, 0.1) is 0 Å². The molecule has 21 heavy (non-hydrogen) atoms. The lowest BCUT2D eigenvalue weighted by molar-refractivity contribution is -0.117.